The number of anilines is 4. The highest BCUT2D eigenvalue weighted by Gasteiger charge is 2.33. The number of thiophene rings is 1. The highest BCUT2D eigenvalue weighted by molar-refractivity contribution is 7.23. The number of pyridine rings is 1. The van der Waals surface area contributed by atoms with Crippen molar-refractivity contribution in [3.63, 3.8) is 0 Å². The summed E-state index contributed by atoms with van der Waals surface area (Å²) >= 11 is 1.58. The Morgan fingerprint density at radius 2 is 1.79 bits per heavy atom. The summed E-state index contributed by atoms with van der Waals surface area (Å²) in [5.41, 5.74) is 6.15. The zero-order chi connectivity index (χ0) is 26.2. The smallest absolute Gasteiger partial charge is 0.331 e. The molecule has 2 aromatic carbocycles. The second kappa shape index (κ2) is 9.95. The lowest BCUT2D eigenvalue weighted by atomic mass is 10.0. The van der Waals surface area contributed by atoms with Gasteiger partial charge in [0.25, 0.3) is 0 Å². The zero-order valence-electron chi connectivity index (χ0n) is 21.3. The average Bonchev–Trinajstić information content (AvgIpc) is 3.32. The number of benzene rings is 2. The molecule has 192 valence electrons. The van der Waals surface area contributed by atoms with Crippen molar-refractivity contribution in [3.05, 3.63) is 90.1 Å². The summed E-state index contributed by atoms with van der Waals surface area (Å²) in [6.45, 7) is 8.28. The molecule has 0 aliphatic carbocycles. The quantitative estimate of drug-likeness (QED) is 0.319. The summed E-state index contributed by atoms with van der Waals surface area (Å²) in [7, 11) is 0. The van der Waals surface area contributed by atoms with E-state index in [2.05, 4.69) is 71.2 Å². The number of amides is 3. The fraction of sp³-hybridized carbons (Fsp3) is 0.233. The lowest BCUT2D eigenvalue weighted by Crippen LogP contribution is -2.48. The second-order valence-electron chi connectivity index (χ2n) is 9.68. The SMILES string of the molecule is C=CC(=O)N1CCN(c2sc3nccc4c3c2NC(=O)N4c2ccc(CCc3ccccc3)cc2C)CC1. The van der Waals surface area contributed by atoms with Gasteiger partial charge in [0.2, 0.25) is 5.91 Å². The normalized spacial score (nSPS) is 15.1. The molecule has 7 nitrogen and oxygen atoms in total. The number of nitrogens with one attached hydrogen (secondary N) is 1. The van der Waals surface area contributed by atoms with E-state index in [9.17, 15) is 9.59 Å². The predicted octanol–water partition coefficient (Wildman–Crippen LogP) is 5.91. The maximum atomic E-state index is 13.6. The highest BCUT2D eigenvalue weighted by atomic mass is 32.1. The molecule has 4 aromatic rings. The fourth-order valence-electron chi connectivity index (χ4n) is 5.35. The fourth-order valence-corrected chi connectivity index (χ4v) is 6.52. The van der Waals surface area contributed by atoms with Crippen LogP contribution in [0.1, 0.15) is 16.7 Å². The van der Waals surface area contributed by atoms with E-state index in [-0.39, 0.29) is 11.9 Å². The van der Waals surface area contributed by atoms with E-state index in [4.69, 9.17) is 0 Å². The summed E-state index contributed by atoms with van der Waals surface area (Å²) in [6, 6.07) is 18.6. The molecule has 0 saturated carbocycles. The average molecular weight is 524 g/mol. The molecule has 2 aliphatic heterocycles. The number of carbonyl (C=O) groups excluding carboxylic acids is 2. The molecule has 0 radical (unpaired) electrons. The van der Waals surface area contributed by atoms with Gasteiger partial charge in [-0.25, -0.2) is 9.78 Å². The Bertz CT molecular complexity index is 1540. The van der Waals surface area contributed by atoms with Gasteiger partial charge < -0.3 is 15.1 Å². The standard InChI is InChI=1S/C30H29N5O2S/c1-3-25(36)33-15-17-34(18-16-33)29-27-26-24(13-14-31-28(26)38-29)35(30(37)32-27)23-12-11-22(19-20(23)2)10-9-21-7-5-4-6-8-21/h3-8,11-14,19H,1,9-10,15-18H2,2H3,(H,32,37). The molecule has 0 unspecified atom stereocenters. The van der Waals surface area contributed by atoms with Crippen LogP contribution in [-0.2, 0) is 17.6 Å². The Balaban J connectivity index is 1.29. The van der Waals surface area contributed by atoms with Gasteiger partial charge in [-0.2, -0.15) is 0 Å². The molecule has 38 heavy (non-hydrogen) atoms. The van der Waals surface area contributed by atoms with Gasteiger partial charge in [-0.3, -0.25) is 9.69 Å². The third-order valence-corrected chi connectivity index (χ3v) is 8.49. The Morgan fingerprint density at radius 3 is 2.53 bits per heavy atom. The van der Waals surface area contributed by atoms with Crippen molar-refractivity contribution in [2.24, 2.45) is 0 Å². The monoisotopic (exact) mass is 523 g/mol. The molecule has 0 bridgehead atoms. The summed E-state index contributed by atoms with van der Waals surface area (Å²) in [4.78, 5) is 36.9. The molecule has 1 fully saturated rings. The van der Waals surface area contributed by atoms with E-state index in [1.54, 1.807) is 27.3 Å². The number of aromatic nitrogens is 1. The Morgan fingerprint density at radius 1 is 1.03 bits per heavy atom. The molecule has 2 aliphatic rings. The number of nitrogens with zero attached hydrogens (tertiary/aromatic N) is 4. The number of rotatable bonds is 6. The third-order valence-electron chi connectivity index (χ3n) is 7.33. The van der Waals surface area contributed by atoms with Crippen LogP contribution in [0.3, 0.4) is 0 Å². The first kappa shape index (κ1) is 24.2. The van der Waals surface area contributed by atoms with E-state index in [1.807, 2.05) is 12.1 Å². The van der Waals surface area contributed by atoms with Gasteiger partial charge in [0.15, 0.2) is 0 Å². The van der Waals surface area contributed by atoms with E-state index in [0.29, 0.717) is 26.2 Å². The van der Waals surface area contributed by atoms with Crippen molar-refractivity contribution in [2.75, 3.05) is 41.3 Å². The van der Waals surface area contributed by atoms with Gasteiger partial charge in [0.05, 0.1) is 22.4 Å². The number of carbonyl (C=O) groups is 2. The first-order valence-corrected chi connectivity index (χ1v) is 13.7. The molecule has 0 atom stereocenters. The van der Waals surface area contributed by atoms with E-state index >= 15 is 0 Å². The summed E-state index contributed by atoms with van der Waals surface area (Å²) in [5, 5.41) is 5.13. The van der Waals surface area contributed by atoms with E-state index < -0.39 is 0 Å². The van der Waals surface area contributed by atoms with Crippen LogP contribution in [0.2, 0.25) is 0 Å². The van der Waals surface area contributed by atoms with Gasteiger partial charge in [-0.05, 0) is 54.7 Å². The summed E-state index contributed by atoms with van der Waals surface area (Å²) < 4.78 is 0. The van der Waals surface area contributed by atoms with Crippen LogP contribution in [0.25, 0.3) is 10.2 Å². The van der Waals surface area contributed by atoms with Crippen molar-refractivity contribution >= 4 is 55.6 Å². The van der Waals surface area contributed by atoms with E-state index in [0.717, 1.165) is 50.7 Å². The van der Waals surface area contributed by atoms with E-state index in [1.165, 1.54) is 17.2 Å². The minimum absolute atomic E-state index is 0.0447. The first-order valence-electron chi connectivity index (χ1n) is 12.9. The Kier molecular flexibility index (Phi) is 6.33. The van der Waals surface area contributed by atoms with Crippen molar-refractivity contribution in [2.45, 2.75) is 19.8 Å². The van der Waals surface area contributed by atoms with Gasteiger partial charge in [-0.15, -0.1) is 0 Å². The topological polar surface area (TPSA) is 68.8 Å². The molecule has 3 amide bonds. The van der Waals surface area contributed by atoms with Crippen LogP contribution in [0, 0.1) is 6.92 Å². The maximum absolute atomic E-state index is 13.6. The number of piperazine rings is 1. The van der Waals surface area contributed by atoms with Crippen molar-refractivity contribution in [1.29, 1.82) is 0 Å². The summed E-state index contributed by atoms with van der Waals surface area (Å²) in [6.07, 6.45) is 5.06. The van der Waals surface area contributed by atoms with Crippen LogP contribution in [-0.4, -0.2) is 48.0 Å². The molecule has 1 saturated heterocycles. The maximum Gasteiger partial charge on any atom is 0.331 e. The largest absolute Gasteiger partial charge is 0.358 e. The number of hydrogen-bond acceptors (Lipinski definition) is 5. The number of hydrogen-bond donors (Lipinski definition) is 1. The predicted molar refractivity (Wildman–Crippen MR) is 155 cm³/mol. The molecule has 8 heteroatoms. The minimum Gasteiger partial charge on any atom is -0.358 e. The highest BCUT2D eigenvalue weighted by Crippen LogP contribution is 2.50. The molecular formula is C30H29N5O2S. The minimum atomic E-state index is -0.176. The van der Waals surface area contributed by atoms with Crippen molar-refractivity contribution < 1.29 is 9.59 Å². The summed E-state index contributed by atoms with van der Waals surface area (Å²) in [5.74, 6) is -0.0447. The zero-order valence-corrected chi connectivity index (χ0v) is 22.1. The molecule has 0 spiro atoms. The molecule has 1 N–H and O–H groups in total. The molecule has 2 aromatic heterocycles. The Hall–Kier alpha value is -4.17. The number of urea groups is 1. The van der Waals surface area contributed by atoms with Crippen molar-refractivity contribution in [1.82, 2.24) is 9.88 Å². The van der Waals surface area contributed by atoms with Crippen LogP contribution in [0.5, 0.6) is 0 Å². The molecular weight excluding hydrogens is 494 g/mol. The third kappa shape index (κ3) is 4.31. The van der Waals surface area contributed by atoms with Crippen LogP contribution in [0.4, 0.5) is 26.9 Å². The van der Waals surface area contributed by atoms with Gasteiger partial charge in [0.1, 0.15) is 9.83 Å². The Labute approximate surface area is 226 Å². The number of aryl methyl sites for hydroxylation is 3. The molecule has 6 rings (SSSR count). The second-order valence-corrected chi connectivity index (χ2v) is 10.7. The van der Waals surface area contributed by atoms with Gasteiger partial charge in [-0.1, -0.05) is 60.4 Å². The molecule has 4 heterocycles. The van der Waals surface area contributed by atoms with Gasteiger partial charge >= 0.3 is 6.03 Å². The van der Waals surface area contributed by atoms with Crippen LogP contribution in [0.15, 0.2) is 73.4 Å². The lowest BCUT2D eigenvalue weighted by Gasteiger charge is -2.36. The first-order chi connectivity index (χ1) is 18.5. The lowest BCUT2D eigenvalue weighted by molar-refractivity contribution is -0.126. The van der Waals surface area contributed by atoms with Crippen LogP contribution < -0.4 is 15.1 Å². The van der Waals surface area contributed by atoms with Crippen molar-refractivity contribution in [3.8, 4) is 0 Å². The van der Waals surface area contributed by atoms with Crippen LogP contribution >= 0.6 is 11.3 Å². The van der Waals surface area contributed by atoms with Gasteiger partial charge in [0, 0.05) is 32.4 Å².